The van der Waals surface area contributed by atoms with Crippen LogP contribution in [0.3, 0.4) is 0 Å². The van der Waals surface area contributed by atoms with Crippen LogP contribution in [0.5, 0.6) is 0 Å². The third-order valence-corrected chi connectivity index (χ3v) is 4.62. The summed E-state index contributed by atoms with van der Waals surface area (Å²) in [5.41, 5.74) is 5.33. The Morgan fingerprint density at radius 3 is 2.25 bits per heavy atom. The van der Waals surface area contributed by atoms with E-state index in [9.17, 15) is 0 Å². The van der Waals surface area contributed by atoms with Crippen molar-refractivity contribution in [3.05, 3.63) is 69.2 Å². The van der Waals surface area contributed by atoms with E-state index in [0.717, 1.165) is 4.47 Å². The maximum Gasteiger partial charge on any atom is 0.0308 e. The predicted octanol–water partition coefficient (Wildman–Crippen LogP) is 5.48. The number of benzene rings is 2. The lowest BCUT2D eigenvalue weighted by atomic mass is 10.0. The zero-order chi connectivity index (χ0) is 14.7. The second kappa shape index (κ2) is 6.55. The first-order chi connectivity index (χ1) is 9.49. The predicted molar refractivity (Wildman–Crippen MR) is 90.0 cm³/mol. The molecular weight excluding hydrogens is 310 g/mol. The van der Waals surface area contributed by atoms with Crippen LogP contribution in [0.1, 0.15) is 48.2 Å². The second-order valence-corrected chi connectivity index (χ2v) is 6.33. The molecule has 0 bridgehead atoms. The van der Waals surface area contributed by atoms with Crippen molar-refractivity contribution in [2.45, 2.75) is 39.8 Å². The van der Waals surface area contributed by atoms with Crippen molar-refractivity contribution in [1.29, 1.82) is 0 Å². The quantitative estimate of drug-likeness (QED) is 0.782. The number of aryl methyl sites for hydroxylation is 2. The zero-order valence-electron chi connectivity index (χ0n) is 12.6. The fourth-order valence-electron chi connectivity index (χ4n) is 2.42. The van der Waals surface area contributed by atoms with Crippen molar-refractivity contribution < 1.29 is 0 Å². The molecule has 1 nitrogen and oxygen atoms in total. The first kappa shape index (κ1) is 15.3. The zero-order valence-corrected chi connectivity index (χ0v) is 14.2. The minimum Gasteiger partial charge on any atom is -0.304 e. The summed E-state index contributed by atoms with van der Waals surface area (Å²) in [5, 5.41) is 3.67. The lowest BCUT2D eigenvalue weighted by Crippen LogP contribution is -2.22. The molecule has 0 heterocycles. The summed E-state index contributed by atoms with van der Waals surface area (Å²) in [5.74, 6) is 0. The van der Waals surface area contributed by atoms with Crippen molar-refractivity contribution in [3.63, 3.8) is 0 Å². The van der Waals surface area contributed by atoms with E-state index in [2.05, 4.69) is 85.3 Å². The minimum absolute atomic E-state index is 0.308. The third-order valence-electron chi connectivity index (χ3n) is 3.90. The molecule has 0 saturated heterocycles. The van der Waals surface area contributed by atoms with Gasteiger partial charge in [0, 0.05) is 16.6 Å². The standard InChI is InChI=1S/C18H22BrN/c1-12-9-10-16(11-13(12)2)14(3)20-15(4)17-7-5-6-8-18(17)19/h5-11,14-15,20H,1-4H3/t14?,15-/m0/s1. The molecule has 2 aromatic carbocycles. The molecule has 0 aliphatic heterocycles. The molecule has 0 amide bonds. The lowest BCUT2D eigenvalue weighted by molar-refractivity contribution is 0.493. The maximum atomic E-state index is 3.67. The second-order valence-electron chi connectivity index (χ2n) is 5.48. The van der Waals surface area contributed by atoms with Gasteiger partial charge < -0.3 is 5.32 Å². The summed E-state index contributed by atoms with van der Waals surface area (Å²) < 4.78 is 1.16. The Balaban J connectivity index is 2.13. The molecule has 1 N–H and O–H groups in total. The average molecular weight is 332 g/mol. The van der Waals surface area contributed by atoms with Gasteiger partial charge in [-0.2, -0.15) is 0 Å². The first-order valence-electron chi connectivity index (χ1n) is 7.06. The highest BCUT2D eigenvalue weighted by atomic mass is 79.9. The SMILES string of the molecule is Cc1ccc(C(C)N[C@@H](C)c2ccccc2Br)cc1C. The topological polar surface area (TPSA) is 12.0 Å². The van der Waals surface area contributed by atoms with E-state index >= 15 is 0 Å². The average Bonchev–Trinajstić information content (AvgIpc) is 2.42. The normalized spacial score (nSPS) is 14.1. The Morgan fingerprint density at radius 1 is 0.900 bits per heavy atom. The van der Waals surface area contributed by atoms with Gasteiger partial charge in [-0.3, -0.25) is 0 Å². The van der Waals surface area contributed by atoms with Gasteiger partial charge in [-0.05, 0) is 56.0 Å². The summed E-state index contributed by atoms with van der Waals surface area (Å²) in [6.07, 6.45) is 0. The Morgan fingerprint density at radius 2 is 1.60 bits per heavy atom. The van der Waals surface area contributed by atoms with Crippen LogP contribution in [0.4, 0.5) is 0 Å². The molecule has 0 aliphatic rings. The molecule has 1 unspecified atom stereocenters. The van der Waals surface area contributed by atoms with Crippen LogP contribution in [0.2, 0.25) is 0 Å². The van der Waals surface area contributed by atoms with Gasteiger partial charge in [-0.25, -0.2) is 0 Å². The summed E-state index contributed by atoms with van der Waals surface area (Å²) in [6, 6.07) is 15.7. The van der Waals surface area contributed by atoms with E-state index in [1.54, 1.807) is 0 Å². The van der Waals surface area contributed by atoms with Gasteiger partial charge in [0.2, 0.25) is 0 Å². The Kier molecular flexibility index (Phi) is 5.00. The van der Waals surface area contributed by atoms with Crippen LogP contribution in [0.15, 0.2) is 46.9 Å². The van der Waals surface area contributed by atoms with Gasteiger partial charge in [0.1, 0.15) is 0 Å². The van der Waals surface area contributed by atoms with Crippen LogP contribution in [-0.2, 0) is 0 Å². The van der Waals surface area contributed by atoms with Crippen molar-refractivity contribution in [3.8, 4) is 0 Å². The van der Waals surface area contributed by atoms with E-state index in [1.807, 2.05) is 6.07 Å². The summed E-state index contributed by atoms with van der Waals surface area (Å²) in [4.78, 5) is 0. The molecule has 0 saturated carbocycles. The number of halogens is 1. The molecule has 0 radical (unpaired) electrons. The van der Waals surface area contributed by atoms with Crippen molar-refractivity contribution >= 4 is 15.9 Å². The van der Waals surface area contributed by atoms with Crippen LogP contribution in [0.25, 0.3) is 0 Å². The molecule has 0 fully saturated rings. The van der Waals surface area contributed by atoms with Crippen molar-refractivity contribution in [2.24, 2.45) is 0 Å². The Labute approximate surface area is 130 Å². The fourth-order valence-corrected chi connectivity index (χ4v) is 3.05. The molecule has 2 heteroatoms. The maximum absolute atomic E-state index is 3.67. The highest BCUT2D eigenvalue weighted by Crippen LogP contribution is 2.26. The van der Waals surface area contributed by atoms with Gasteiger partial charge in [-0.15, -0.1) is 0 Å². The molecule has 0 aliphatic carbocycles. The summed E-state index contributed by atoms with van der Waals surface area (Å²) >= 11 is 3.62. The van der Waals surface area contributed by atoms with Crippen molar-refractivity contribution in [2.75, 3.05) is 0 Å². The fraction of sp³-hybridized carbons (Fsp3) is 0.333. The smallest absolute Gasteiger partial charge is 0.0308 e. The van der Waals surface area contributed by atoms with E-state index in [4.69, 9.17) is 0 Å². The molecular formula is C18H22BrN. The highest BCUT2D eigenvalue weighted by Gasteiger charge is 2.13. The van der Waals surface area contributed by atoms with Gasteiger partial charge >= 0.3 is 0 Å². The number of rotatable bonds is 4. The molecule has 2 rings (SSSR count). The van der Waals surface area contributed by atoms with E-state index in [1.165, 1.54) is 22.3 Å². The van der Waals surface area contributed by atoms with Gasteiger partial charge in [0.15, 0.2) is 0 Å². The monoisotopic (exact) mass is 331 g/mol. The summed E-state index contributed by atoms with van der Waals surface area (Å²) in [6.45, 7) is 8.75. The Bertz CT molecular complexity index is 592. The number of hydrogen-bond acceptors (Lipinski definition) is 1. The van der Waals surface area contributed by atoms with Crippen molar-refractivity contribution in [1.82, 2.24) is 5.32 Å². The molecule has 106 valence electrons. The van der Waals surface area contributed by atoms with Gasteiger partial charge in [-0.1, -0.05) is 52.3 Å². The highest BCUT2D eigenvalue weighted by molar-refractivity contribution is 9.10. The van der Waals surface area contributed by atoms with E-state index < -0.39 is 0 Å². The number of hydrogen-bond donors (Lipinski definition) is 1. The molecule has 2 aromatic rings. The largest absolute Gasteiger partial charge is 0.304 e. The van der Waals surface area contributed by atoms with E-state index in [-0.39, 0.29) is 0 Å². The Hall–Kier alpha value is -1.12. The first-order valence-corrected chi connectivity index (χ1v) is 7.86. The van der Waals surface area contributed by atoms with Gasteiger partial charge in [0.25, 0.3) is 0 Å². The van der Waals surface area contributed by atoms with Crippen LogP contribution in [-0.4, -0.2) is 0 Å². The molecule has 2 atom stereocenters. The molecule has 0 spiro atoms. The third kappa shape index (κ3) is 3.50. The van der Waals surface area contributed by atoms with Crippen LogP contribution < -0.4 is 5.32 Å². The molecule has 20 heavy (non-hydrogen) atoms. The van der Waals surface area contributed by atoms with Gasteiger partial charge in [0.05, 0.1) is 0 Å². The summed E-state index contributed by atoms with van der Waals surface area (Å²) in [7, 11) is 0. The minimum atomic E-state index is 0.308. The lowest BCUT2D eigenvalue weighted by Gasteiger charge is -2.22. The van der Waals surface area contributed by atoms with Crippen LogP contribution >= 0.6 is 15.9 Å². The van der Waals surface area contributed by atoms with E-state index in [0.29, 0.717) is 12.1 Å². The van der Waals surface area contributed by atoms with Crippen LogP contribution in [0, 0.1) is 13.8 Å². The number of nitrogens with one attached hydrogen (secondary N) is 1. The molecule has 0 aromatic heterocycles.